The molecule has 2 aromatic rings. The van der Waals surface area contributed by atoms with Crippen molar-refractivity contribution in [3.05, 3.63) is 54.4 Å². The van der Waals surface area contributed by atoms with Gasteiger partial charge in [-0.2, -0.15) is 0 Å². The molecule has 0 fully saturated rings. The maximum absolute atomic E-state index is 10.6. The van der Waals surface area contributed by atoms with Gasteiger partial charge in [-0.15, -0.1) is 0 Å². The van der Waals surface area contributed by atoms with Crippen molar-refractivity contribution in [3.8, 4) is 11.5 Å². The second kappa shape index (κ2) is 5.12. The fraction of sp³-hybridized carbons (Fsp3) is 0.0769. The number of hydrogen-bond donors (Lipinski definition) is 1. The van der Waals surface area contributed by atoms with E-state index in [4.69, 9.17) is 9.84 Å². The molecule has 0 saturated carbocycles. The van der Waals surface area contributed by atoms with Gasteiger partial charge in [0.2, 0.25) is 0 Å². The first-order chi connectivity index (χ1) is 8.24. The number of carboxylic acid groups (broad SMARTS) is 1. The molecule has 0 saturated heterocycles. The number of ether oxygens (including phenoxy) is 1. The molecule has 4 nitrogen and oxygen atoms in total. The van der Waals surface area contributed by atoms with Crippen LogP contribution in [0.25, 0.3) is 0 Å². The molecule has 0 bridgehead atoms. The minimum absolute atomic E-state index is 0.00640. The molecule has 0 spiro atoms. The lowest BCUT2D eigenvalue weighted by Gasteiger charge is -2.06. The number of carboxylic acids is 1. The molecule has 0 atom stereocenters. The number of aliphatic carboxylic acids is 1. The summed E-state index contributed by atoms with van der Waals surface area (Å²) in [5.74, 6) is 0.438. The Bertz CT molecular complexity index is 511. The number of rotatable bonds is 4. The summed E-state index contributed by atoms with van der Waals surface area (Å²) in [6.45, 7) is 0. The van der Waals surface area contributed by atoms with Gasteiger partial charge in [-0.05, 0) is 29.8 Å². The van der Waals surface area contributed by atoms with Crippen molar-refractivity contribution >= 4 is 5.97 Å². The average Bonchev–Trinajstić information content (AvgIpc) is 2.30. The minimum Gasteiger partial charge on any atom is -0.481 e. The molecule has 1 heterocycles. The fourth-order valence-corrected chi connectivity index (χ4v) is 1.44. The van der Waals surface area contributed by atoms with Crippen LogP contribution in [-0.4, -0.2) is 16.1 Å². The smallest absolute Gasteiger partial charge is 0.307 e. The van der Waals surface area contributed by atoms with Crippen LogP contribution < -0.4 is 4.74 Å². The average molecular weight is 229 g/mol. The molecule has 1 N–H and O–H groups in total. The standard InChI is InChI=1S/C13H11NO3/c15-13(16)9-10-2-1-3-12(8-10)17-11-4-6-14-7-5-11/h1-8H,9H2,(H,15,16). The van der Waals surface area contributed by atoms with Gasteiger partial charge in [0.25, 0.3) is 0 Å². The van der Waals surface area contributed by atoms with Crippen LogP contribution in [0, 0.1) is 0 Å². The number of nitrogens with zero attached hydrogens (tertiary/aromatic N) is 1. The molecule has 1 aromatic heterocycles. The van der Waals surface area contributed by atoms with E-state index in [0.717, 1.165) is 0 Å². The molecular formula is C13H11NO3. The van der Waals surface area contributed by atoms with E-state index in [-0.39, 0.29) is 6.42 Å². The van der Waals surface area contributed by atoms with Crippen LogP contribution in [0.3, 0.4) is 0 Å². The van der Waals surface area contributed by atoms with E-state index < -0.39 is 5.97 Å². The number of carbonyl (C=O) groups is 1. The first-order valence-corrected chi connectivity index (χ1v) is 5.12. The van der Waals surface area contributed by atoms with Crippen LogP contribution >= 0.6 is 0 Å². The van der Waals surface area contributed by atoms with E-state index in [1.54, 1.807) is 48.8 Å². The van der Waals surface area contributed by atoms with E-state index in [0.29, 0.717) is 17.1 Å². The van der Waals surface area contributed by atoms with Crippen molar-refractivity contribution in [1.82, 2.24) is 4.98 Å². The zero-order valence-corrected chi connectivity index (χ0v) is 9.04. The Morgan fingerprint density at radius 3 is 2.65 bits per heavy atom. The van der Waals surface area contributed by atoms with Crippen molar-refractivity contribution in [2.45, 2.75) is 6.42 Å². The molecule has 0 aliphatic rings. The quantitative estimate of drug-likeness (QED) is 0.875. The van der Waals surface area contributed by atoms with Crippen LogP contribution in [0.2, 0.25) is 0 Å². The third kappa shape index (κ3) is 3.31. The van der Waals surface area contributed by atoms with E-state index in [2.05, 4.69) is 4.98 Å². The molecule has 86 valence electrons. The topological polar surface area (TPSA) is 59.4 Å². The summed E-state index contributed by atoms with van der Waals surface area (Å²) in [5, 5.41) is 8.70. The maximum atomic E-state index is 10.6. The lowest BCUT2D eigenvalue weighted by Crippen LogP contribution is -1.99. The lowest BCUT2D eigenvalue weighted by atomic mass is 10.1. The molecule has 0 aliphatic carbocycles. The van der Waals surface area contributed by atoms with Crippen LogP contribution in [0.15, 0.2) is 48.8 Å². The predicted octanol–water partition coefficient (Wildman–Crippen LogP) is 2.50. The van der Waals surface area contributed by atoms with Gasteiger partial charge in [0.1, 0.15) is 11.5 Å². The summed E-state index contributed by atoms with van der Waals surface area (Å²) >= 11 is 0. The SMILES string of the molecule is O=C(O)Cc1cccc(Oc2ccncc2)c1. The summed E-state index contributed by atoms with van der Waals surface area (Å²) in [7, 11) is 0. The fourth-order valence-electron chi connectivity index (χ4n) is 1.44. The van der Waals surface area contributed by atoms with Gasteiger partial charge in [-0.25, -0.2) is 0 Å². The Hall–Kier alpha value is -2.36. The van der Waals surface area contributed by atoms with Gasteiger partial charge < -0.3 is 9.84 Å². The molecule has 0 radical (unpaired) electrons. The lowest BCUT2D eigenvalue weighted by molar-refractivity contribution is -0.136. The number of aromatic nitrogens is 1. The second-order valence-electron chi connectivity index (χ2n) is 3.50. The van der Waals surface area contributed by atoms with Crippen molar-refractivity contribution in [2.75, 3.05) is 0 Å². The first-order valence-electron chi connectivity index (χ1n) is 5.12. The second-order valence-corrected chi connectivity index (χ2v) is 3.50. The Morgan fingerprint density at radius 2 is 1.94 bits per heavy atom. The molecule has 2 rings (SSSR count). The van der Waals surface area contributed by atoms with E-state index in [1.807, 2.05) is 0 Å². The molecular weight excluding hydrogens is 218 g/mol. The zero-order chi connectivity index (χ0) is 12.1. The summed E-state index contributed by atoms with van der Waals surface area (Å²) in [6, 6.07) is 10.5. The van der Waals surface area contributed by atoms with E-state index in [1.165, 1.54) is 0 Å². The van der Waals surface area contributed by atoms with E-state index >= 15 is 0 Å². The molecule has 1 aromatic carbocycles. The molecule has 4 heteroatoms. The van der Waals surface area contributed by atoms with Gasteiger partial charge in [0.15, 0.2) is 0 Å². The Morgan fingerprint density at radius 1 is 1.18 bits per heavy atom. The third-order valence-corrected chi connectivity index (χ3v) is 2.14. The monoisotopic (exact) mass is 229 g/mol. The summed E-state index contributed by atoms with van der Waals surface area (Å²) < 4.78 is 5.57. The Balaban J connectivity index is 2.14. The molecule has 0 amide bonds. The first kappa shape index (κ1) is 11.1. The van der Waals surface area contributed by atoms with E-state index in [9.17, 15) is 4.79 Å². The molecule has 17 heavy (non-hydrogen) atoms. The zero-order valence-electron chi connectivity index (χ0n) is 9.04. The summed E-state index contributed by atoms with van der Waals surface area (Å²) in [6.07, 6.45) is 3.26. The predicted molar refractivity (Wildman–Crippen MR) is 62.1 cm³/mol. The van der Waals surface area contributed by atoms with Crippen LogP contribution in [0.5, 0.6) is 11.5 Å². The highest BCUT2D eigenvalue weighted by Gasteiger charge is 2.02. The Labute approximate surface area is 98.5 Å². The van der Waals surface area contributed by atoms with Gasteiger partial charge >= 0.3 is 5.97 Å². The van der Waals surface area contributed by atoms with Crippen molar-refractivity contribution in [1.29, 1.82) is 0 Å². The number of benzene rings is 1. The minimum atomic E-state index is -0.855. The molecule has 0 unspecified atom stereocenters. The highest BCUT2D eigenvalue weighted by molar-refractivity contribution is 5.70. The normalized spacial score (nSPS) is 9.88. The van der Waals surface area contributed by atoms with Gasteiger partial charge in [0.05, 0.1) is 6.42 Å². The van der Waals surface area contributed by atoms with Gasteiger partial charge in [0, 0.05) is 12.4 Å². The third-order valence-electron chi connectivity index (χ3n) is 2.14. The van der Waals surface area contributed by atoms with Crippen molar-refractivity contribution < 1.29 is 14.6 Å². The largest absolute Gasteiger partial charge is 0.481 e. The molecule has 0 aliphatic heterocycles. The van der Waals surface area contributed by atoms with Crippen LogP contribution in [0.4, 0.5) is 0 Å². The highest BCUT2D eigenvalue weighted by atomic mass is 16.5. The summed E-state index contributed by atoms with van der Waals surface area (Å²) in [5.41, 5.74) is 0.712. The van der Waals surface area contributed by atoms with Crippen LogP contribution in [-0.2, 0) is 11.2 Å². The number of pyridine rings is 1. The van der Waals surface area contributed by atoms with Gasteiger partial charge in [-0.3, -0.25) is 9.78 Å². The van der Waals surface area contributed by atoms with Crippen LogP contribution in [0.1, 0.15) is 5.56 Å². The maximum Gasteiger partial charge on any atom is 0.307 e. The highest BCUT2D eigenvalue weighted by Crippen LogP contribution is 2.21. The number of hydrogen-bond acceptors (Lipinski definition) is 3. The van der Waals surface area contributed by atoms with Gasteiger partial charge in [-0.1, -0.05) is 12.1 Å². The summed E-state index contributed by atoms with van der Waals surface area (Å²) in [4.78, 5) is 14.5. The van der Waals surface area contributed by atoms with Crippen molar-refractivity contribution in [2.24, 2.45) is 0 Å². The Kier molecular flexibility index (Phi) is 3.35. The van der Waals surface area contributed by atoms with Crippen molar-refractivity contribution in [3.63, 3.8) is 0 Å².